The maximum atomic E-state index is 11.4. The average molecular weight is 236 g/mol. The van der Waals surface area contributed by atoms with E-state index in [0.29, 0.717) is 5.69 Å². The SMILES string of the molecule is Nc1c(NC2CCCC23CCCO3)c(=O)c1=O. The number of hydrogen-bond acceptors (Lipinski definition) is 5. The molecule has 1 spiro atoms. The second-order valence-electron chi connectivity index (χ2n) is 5.05. The average Bonchev–Trinajstić information content (AvgIpc) is 2.96. The van der Waals surface area contributed by atoms with Gasteiger partial charge in [0.1, 0.15) is 11.4 Å². The van der Waals surface area contributed by atoms with E-state index in [1.807, 2.05) is 0 Å². The number of ether oxygens (including phenoxy) is 1. The Balaban J connectivity index is 1.82. The Morgan fingerprint density at radius 2 is 2.00 bits per heavy atom. The van der Waals surface area contributed by atoms with Crippen LogP contribution in [0.3, 0.4) is 0 Å². The summed E-state index contributed by atoms with van der Waals surface area (Å²) >= 11 is 0. The van der Waals surface area contributed by atoms with Crippen molar-refractivity contribution in [3.05, 3.63) is 20.4 Å². The van der Waals surface area contributed by atoms with Crippen LogP contribution in [0, 0.1) is 0 Å². The minimum Gasteiger partial charge on any atom is -0.394 e. The molecule has 0 bridgehead atoms. The summed E-state index contributed by atoms with van der Waals surface area (Å²) in [5.74, 6) is 0. The molecule has 0 aromatic heterocycles. The van der Waals surface area contributed by atoms with E-state index in [-0.39, 0.29) is 17.3 Å². The standard InChI is InChI=1S/C12H16N2O3/c13-8-9(11(16)10(8)15)14-7-3-1-4-12(7)5-2-6-17-12/h7,14H,1-6,13H2. The first-order chi connectivity index (χ1) is 8.14. The van der Waals surface area contributed by atoms with Crippen molar-refractivity contribution in [1.29, 1.82) is 0 Å². The summed E-state index contributed by atoms with van der Waals surface area (Å²) in [4.78, 5) is 22.4. The Labute approximate surface area is 98.6 Å². The molecule has 1 saturated carbocycles. The molecule has 1 aliphatic carbocycles. The summed E-state index contributed by atoms with van der Waals surface area (Å²) in [6, 6.07) is 0.121. The summed E-state index contributed by atoms with van der Waals surface area (Å²) in [5, 5.41) is 3.14. The van der Waals surface area contributed by atoms with Gasteiger partial charge in [-0.1, -0.05) is 0 Å². The van der Waals surface area contributed by atoms with Gasteiger partial charge < -0.3 is 15.8 Å². The molecule has 0 radical (unpaired) electrons. The van der Waals surface area contributed by atoms with Crippen molar-refractivity contribution < 1.29 is 4.74 Å². The first-order valence-corrected chi connectivity index (χ1v) is 6.13. The second-order valence-corrected chi connectivity index (χ2v) is 5.05. The first kappa shape index (κ1) is 10.8. The molecule has 1 aliphatic heterocycles. The van der Waals surface area contributed by atoms with Crippen molar-refractivity contribution in [2.75, 3.05) is 17.7 Å². The molecule has 17 heavy (non-hydrogen) atoms. The van der Waals surface area contributed by atoms with E-state index in [1.54, 1.807) is 0 Å². The van der Waals surface area contributed by atoms with Crippen molar-refractivity contribution >= 4 is 11.4 Å². The smallest absolute Gasteiger partial charge is 0.253 e. The van der Waals surface area contributed by atoms with Crippen molar-refractivity contribution in [2.24, 2.45) is 0 Å². The van der Waals surface area contributed by atoms with Gasteiger partial charge >= 0.3 is 0 Å². The molecular weight excluding hydrogens is 220 g/mol. The highest BCUT2D eigenvalue weighted by Crippen LogP contribution is 2.42. The molecule has 2 unspecified atom stereocenters. The molecule has 1 aromatic carbocycles. The van der Waals surface area contributed by atoms with Crippen molar-refractivity contribution in [3.63, 3.8) is 0 Å². The van der Waals surface area contributed by atoms with Crippen LogP contribution in [0.1, 0.15) is 32.1 Å². The van der Waals surface area contributed by atoms with Gasteiger partial charge in [-0.3, -0.25) is 9.59 Å². The van der Waals surface area contributed by atoms with Crippen LogP contribution in [-0.4, -0.2) is 18.2 Å². The van der Waals surface area contributed by atoms with E-state index in [9.17, 15) is 9.59 Å². The van der Waals surface area contributed by atoms with Crippen LogP contribution in [0.5, 0.6) is 0 Å². The predicted octanol–water partition coefficient (Wildman–Crippen LogP) is 0.378. The van der Waals surface area contributed by atoms with Crippen LogP contribution >= 0.6 is 0 Å². The molecule has 3 rings (SSSR count). The van der Waals surface area contributed by atoms with E-state index in [1.165, 1.54) is 0 Å². The van der Waals surface area contributed by atoms with E-state index in [2.05, 4.69) is 5.32 Å². The number of nitrogens with one attached hydrogen (secondary N) is 1. The van der Waals surface area contributed by atoms with Crippen LogP contribution < -0.4 is 21.9 Å². The summed E-state index contributed by atoms with van der Waals surface area (Å²) in [7, 11) is 0. The highest BCUT2D eigenvalue weighted by Gasteiger charge is 2.46. The number of anilines is 2. The summed E-state index contributed by atoms with van der Waals surface area (Å²) in [6.07, 6.45) is 5.19. The summed E-state index contributed by atoms with van der Waals surface area (Å²) in [5.41, 5.74) is 4.73. The third-order valence-electron chi connectivity index (χ3n) is 4.13. The molecule has 92 valence electrons. The third-order valence-corrected chi connectivity index (χ3v) is 4.13. The lowest BCUT2D eigenvalue weighted by molar-refractivity contribution is 0.00275. The lowest BCUT2D eigenvalue weighted by Gasteiger charge is -2.32. The molecular formula is C12H16N2O3. The zero-order valence-electron chi connectivity index (χ0n) is 9.62. The monoisotopic (exact) mass is 236 g/mol. The molecule has 1 saturated heterocycles. The molecule has 2 atom stereocenters. The lowest BCUT2D eigenvalue weighted by Crippen LogP contribution is -2.46. The summed E-state index contributed by atoms with van der Waals surface area (Å²) < 4.78 is 5.86. The Morgan fingerprint density at radius 1 is 1.24 bits per heavy atom. The van der Waals surface area contributed by atoms with Crippen molar-refractivity contribution in [1.82, 2.24) is 0 Å². The number of hydrogen-bond donors (Lipinski definition) is 2. The fraction of sp³-hybridized carbons (Fsp3) is 0.667. The highest BCUT2D eigenvalue weighted by atomic mass is 16.5. The Kier molecular flexibility index (Phi) is 2.26. The zero-order chi connectivity index (χ0) is 12.0. The minimum atomic E-state index is -0.563. The van der Waals surface area contributed by atoms with Gasteiger partial charge in [0.25, 0.3) is 10.9 Å². The van der Waals surface area contributed by atoms with Crippen LogP contribution in [0.25, 0.3) is 0 Å². The van der Waals surface area contributed by atoms with E-state index >= 15 is 0 Å². The number of nitrogen functional groups attached to an aromatic ring is 1. The fourth-order valence-electron chi connectivity index (χ4n) is 3.16. The maximum absolute atomic E-state index is 11.4. The Hall–Kier alpha value is -1.36. The van der Waals surface area contributed by atoms with Gasteiger partial charge in [0.05, 0.1) is 11.6 Å². The predicted molar refractivity (Wildman–Crippen MR) is 64.9 cm³/mol. The molecule has 1 heterocycles. The minimum absolute atomic E-state index is 0.0787. The van der Waals surface area contributed by atoms with Gasteiger partial charge in [-0.05, 0) is 32.1 Å². The largest absolute Gasteiger partial charge is 0.394 e. The molecule has 5 heteroatoms. The Bertz CT molecular complexity index is 504. The third kappa shape index (κ3) is 1.42. The van der Waals surface area contributed by atoms with Gasteiger partial charge in [0.15, 0.2) is 0 Å². The van der Waals surface area contributed by atoms with E-state index in [0.717, 1.165) is 38.7 Å². The van der Waals surface area contributed by atoms with Gasteiger partial charge in [-0.15, -0.1) is 0 Å². The quantitative estimate of drug-likeness (QED) is 0.725. The highest BCUT2D eigenvalue weighted by molar-refractivity contribution is 5.71. The molecule has 3 N–H and O–H groups in total. The second kappa shape index (κ2) is 3.57. The van der Waals surface area contributed by atoms with Crippen molar-refractivity contribution in [3.8, 4) is 0 Å². The fourth-order valence-corrected chi connectivity index (χ4v) is 3.16. The van der Waals surface area contributed by atoms with Crippen LogP contribution in [0.2, 0.25) is 0 Å². The van der Waals surface area contributed by atoms with Gasteiger partial charge in [0.2, 0.25) is 0 Å². The topological polar surface area (TPSA) is 81.4 Å². The van der Waals surface area contributed by atoms with E-state index < -0.39 is 10.9 Å². The van der Waals surface area contributed by atoms with Crippen molar-refractivity contribution in [2.45, 2.75) is 43.7 Å². The number of rotatable bonds is 2. The van der Waals surface area contributed by atoms with E-state index in [4.69, 9.17) is 10.5 Å². The van der Waals surface area contributed by atoms with Crippen LogP contribution in [-0.2, 0) is 4.74 Å². The number of nitrogens with two attached hydrogens (primary N) is 1. The molecule has 0 amide bonds. The van der Waals surface area contributed by atoms with Gasteiger partial charge in [-0.2, -0.15) is 0 Å². The van der Waals surface area contributed by atoms with Gasteiger partial charge in [-0.25, -0.2) is 0 Å². The Morgan fingerprint density at radius 3 is 2.65 bits per heavy atom. The normalized spacial score (nSPS) is 32.6. The molecule has 5 nitrogen and oxygen atoms in total. The molecule has 2 fully saturated rings. The first-order valence-electron chi connectivity index (χ1n) is 6.13. The van der Waals surface area contributed by atoms with Crippen LogP contribution in [0.4, 0.5) is 11.4 Å². The molecule has 2 aliphatic rings. The maximum Gasteiger partial charge on any atom is 0.253 e. The summed E-state index contributed by atoms with van der Waals surface area (Å²) in [6.45, 7) is 0.791. The molecule has 1 aromatic rings. The van der Waals surface area contributed by atoms with Crippen LogP contribution in [0.15, 0.2) is 9.59 Å². The lowest BCUT2D eigenvalue weighted by atomic mass is 9.93. The van der Waals surface area contributed by atoms with Gasteiger partial charge in [0, 0.05) is 6.61 Å². The zero-order valence-corrected chi connectivity index (χ0v) is 9.62.